The number of aromatic nitrogens is 1. The van der Waals surface area contributed by atoms with E-state index in [1.807, 2.05) is 24.3 Å². The Bertz CT molecular complexity index is 747. The number of hydrogen-bond acceptors (Lipinski definition) is 6. The Balaban J connectivity index is 0.000000352. The van der Waals surface area contributed by atoms with Crippen LogP contribution in [-0.2, 0) is 14.4 Å². The molecule has 0 saturated carbocycles. The topological polar surface area (TPSA) is 120 Å². The molecule has 1 saturated heterocycles. The van der Waals surface area contributed by atoms with Crippen LogP contribution in [0, 0.1) is 5.92 Å². The maximum absolute atomic E-state index is 12.1. The molecule has 1 aliphatic rings. The Kier molecular flexibility index (Phi) is 7.05. The molecule has 8 nitrogen and oxygen atoms in total. The Morgan fingerprint density at radius 3 is 2.58 bits per heavy atom. The molecule has 0 bridgehead atoms. The fraction of sp³-hybridized carbons (Fsp3) is 0.412. The third kappa shape index (κ3) is 6.08. The summed E-state index contributed by atoms with van der Waals surface area (Å²) in [6.45, 7) is 4.77. The van der Waals surface area contributed by atoms with Gasteiger partial charge in [-0.3, -0.25) is 9.69 Å². The number of carbonyl (C=O) groups is 3. The van der Waals surface area contributed by atoms with Crippen LogP contribution in [0.5, 0.6) is 0 Å². The van der Waals surface area contributed by atoms with E-state index < -0.39 is 11.9 Å². The second-order valence-corrected chi connectivity index (χ2v) is 7.16. The van der Waals surface area contributed by atoms with Crippen LogP contribution < -0.4 is 5.32 Å². The Morgan fingerprint density at radius 2 is 1.96 bits per heavy atom. The van der Waals surface area contributed by atoms with E-state index in [0.717, 1.165) is 23.3 Å². The fourth-order valence-electron chi connectivity index (χ4n) is 2.72. The molecule has 2 aromatic rings. The number of carboxylic acid groups (broad SMARTS) is 2. The zero-order valence-corrected chi connectivity index (χ0v) is 15.2. The van der Waals surface area contributed by atoms with Crippen molar-refractivity contribution in [2.24, 2.45) is 5.92 Å². The summed E-state index contributed by atoms with van der Waals surface area (Å²) in [5.74, 6) is -2.91. The van der Waals surface area contributed by atoms with Crippen LogP contribution in [-0.4, -0.2) is 57.6 Å². The van der Waals surface area contributed by atoms with Crippen molar-refractivity contribution in [1.29, 1.82) is 0 Å². The summed E-state index contributed by atoms with van der Waals surface area (Å²) in [7, 11) is 0. The fourth-order valence-corrected chi connectivity index (χ4v) is 3.60. The number of para-hydroxylation sites is 1. The minimum atomic E-state index is -1.82. The predicted octanol–water partition coefficient (Wildman–Crippen LogP) is 2.12. The largest absolute Gasteiger partial charge is 0.473 e. The van der Waals surface area contributed by atoms with Crippen molar-refractivity contribution in [1.82, 2.24) is 9.88 Å². The monoisotopic (exact) mass is 379 g/mol. The third-order valence-corrected chi connectivity index (χ3v) is 4.78. The molecule has 9 heteroatoms. The lowest BCUT2D eigenvalue weighted by Crippen LogP contribution is -2.39. The number of carbonyl (C=O) groups excluding carboxylic acids is 1. The summed E-state index contributed by atoms with van der Waals surface area (Å²) in [5, 5.41) is 18.4. The van der Waals surface area contributed by atoms with E-state index in [4.69, 9.17) is 19.8 Å². The molecular weight excluding hydrogens is 358 g/mol. The summed E-state index contributed by atoms with van der Waals surface area (Å²) in [6.07, 6.45) is 2.46. The molecule has 1 amide bonds. The Morgan fingerprint density at radius 1 is 1.27 bits per heavy atom. The highest BCUT2D eigenvalue weighted by Crippen LogP contribution is 2.25. The number of piperidine rings is 1. The number of carboxylic acids is 2. The van der Waals surface area contributed by atoms with Gasteiger partial charge in [0.2, 0.25) is 5.91 Å². The zero-order valence-electron chi connectivity index (χ0n) is 14.3. The second-order valence-electron chi connectivity index (χ2n) is 6.13. The zero-order chi connectivity index (χ0) is 19.1. The van der Waals surface area contributed by atoms with Crippen LogP contribution in [0.2, 0.25) is 0 Å². The molecule has 1 fully saturated rings. The highest BCUT2D eigenvalue weighted by Gasteiger charge is 2.19. The average Bonchev–Trinajstić information content (AvgIpc) is 2.97. The van der Waals surface area contributed by atoms with Gasteiger partial charge in [0.1, 0.15) is 0 Å². The maximum atomic E-state index is 12.1. The molecule has 1 aliphatic heterocycles. The Labute approximate surface area is 154 Å². The number of aliphatic carboxylic acids is 2. The molecule has 3 N–H and O–H groups in total. The average molecular weight is 379 g/mol. The van der Waals surface area contributed by atoms with Crippen LogP contribution in [0.25, 0.3) is 10.2 Å². The van der Waals surface area contributed by atoms with Crippen LogP contribution in [0.4, 0.5) is 5.13 Å². The van der Waals surface area contributed by atoms with Gasteiger partial charge < -0.3 is 15.5 Å². The number of nitrogens with one attached hydrogen (secondary N) is 1. The molecule has 0 radical (unpaired) electrons. The first-order valence-electron chi connectivity index (χ1n) is 8.19. The lowest BCUT2D eigenvalue weighted by atomic mass is 10.0. The van der Waals surface area contributed by atoms with E-state index in [9.17, 15) is 4.79 Å². The molecule has 1 atom stereocenters. The van der Waals surface area contributed by atoms with E-state index in [1.165, 1.54) is 24.2 Å². The van der Waals surface area contributed by atoms with Crippen molar-refractivity contribution in [2.75, 3.05) is 25.0 Å². The first kappa shape index (κ1) is 19.8. The molecule has 3 rings (SSSR count). The summed E-state index contributed by atoms with van der Waals surface area (Å²) in [4.78, 5) is 36.9. The van der Waals surface area contributed by atoms with Gasteiger partial charge in [0, 0.05) is 6.54 Å². The molecular formula is C17H21N3O5S. The summed E-state index contributed by atoms with van der Waals surface area (Å²) in [6, 6.07) is 7.94. The van der Waals surface area contributed by atoms with Crippen molar-refractivity contribution in [3.8, 4) is 0 Å². The van der Waals surface area contributed by atoms with Crippen molar-refractivity contribution < 1.29 is 24.6 Å². The van der Waals surface area contributed by atoms with Gasteiger partial charge in [-0.25, -0.2) is 14.6 Å². The quantitative estimate of drug-likeness (QED) is 0.699. The summed E-state index contributed by atoms with van der Waals surface area (Å²) < 4.78 is 1.11. The van der Waals surface area contributed by atoms with Crippen molar-refractivity contribution in [2.45, 2.75) is 19.8 Å². The molecule has 1 unspecified atom stereocenters. The molecule has 26 heavy (non-hydrogen) atoms. The number of anilines is 1. The van der Waals surface area contributed by atoms with E-state index in [0.29, 0.717) is 17.6 Å². The SMILES string of the molecule is CC1CCCN(CC(=O)Nc2nc3ccccc3s2)C1.O=C(O)C(=O)O. The highest BCUT2D eigenvalue weighted by atomic mass is 32.1. The molecule has 1 aromatic heterocycles. The predicted molar refractivity (Wildman–Crippen MR) is 98.4 cm³/mol. The van der Waals surface area contributed by atoms with Gasteiger partial charge in [0.05, 0.1) is 16.8 Å². The second kappa shape index (κ2) is 9.25. The minimum Gasteiger partial charge on any atom is -0.473 e. The van der Waals surface area contributed by atoms with Gasteiger partial charge in [0.15, 0.2) is 5.13 Å². The number of fused-ring (bicyclic) bond motifs is 1. The molecule has 140 valence electrons. The van der Waals surface area contributed by atoms with Gasteiger partial charge in [-0.05, 0) is 37.4 Å². The number of benzene rings is 1. The van der Waals surface area contributed by atoms with Gasteiger partial charge in [0.25, 0.3) is 0 Å². The molecule has 1 aromatic carbocycles. The van der Waals surface area contributed by atoms with Crippen LogP contribution >= 0.6 is 11.3 Å². The first-order valence-corrected chi connectivity index (χ1v) is 9.00. The summed E-state index contributed by atoms with van der Waals surface area (Å²) >= 11 is 1.53. The lowest BCUT2D eigenvalue weighted by molar-refractivity contribution is -0.159. The van der Waals surface area contributed by atoms with Crippen LogP contribution in [0.3, 0.4) is 0 Å². The van der Waals surface area contributed by atoms with Crippen LogP contribution in [0.15, 0.2) is 24.3 Å². The van der Waals surface area contributed by atoms with Crippen LogP contribution in [0.1, 0.15) is 19.8 Å². The normalized spacial score (nSPS) is 17.2. The minimum absolute atomic E-state index is 0.0400. The van der Waals surface area contributed by atoms with E-state index >= 15 is 0 Å². The number of nitrogens with zero attached hydrogens (tertiary/aromatic N) is 2. The van der Waals surface area contributed by atoms with E-state index in [2.05, 4.69) is 22.1 Å². The first-order chi connectivity index (χ1) is 12.3. The van der Waals surface area contributed by atoms with Gasteiger partial charge in [-0.2, -0.15) is 0 Å². The van der Waals surface area contributed by atoms with E-state index in [-0.39, 0.29) is 5.91 Å². The van der Waals surface area contributed by atoms with Gasteiger partial charge in [-0.1, -0.05) is 30.4 Å². The molecule has 0 spiro atoms. The highest BCUT2D eigenvalue weighted by molar-refractivity contribution is 7.22. The number of hydrogen-bond donors (Lipinski definition) is 3. The number of amides is 1. The standard InChI is InChI=1S/C15H19N3OS.C2H2O4/c1-11-5-4-8-18(9-11)10-14(19)17-15-16-12-6-2-3-7-13(12)20-15;3-1(4)2(5)6/h2-3,6-7,11H,4-5,8-10H2,1H3,(H,16,17,19);(H,3,4)(H,5,6). The van der Waals surface area contributed by atoms with Crippen molar-refractivity contribution in [3.63, 3.8) is 0 Å². The van der Waals surface area contributed by atoms with E-state index in [1.54, 1.807) is 0 Å². The smallest absolute Gasteiger partial charge is 0.414 e. The summed E-state index contributed by atoms with van der Waals surface area (Å²) in [5.41, 5.74) is 0.944. The number of rotatable bonds is 3. The maximum Gasteiger partial charge on any atom is 0.414 e. The Hall–Kier alpha value is -2.52. The van der Waals surface area contributed by atoms with Gasteiger partial charge in [-0.15, -0.1) is 0 Å². The van der Waals surface area contributed by atoms with Gasteiger partial charge >= 0.3 is 11.9 Å². The van der Waals surface area contributed by atoms with Crippen molar-refractivity contribution in [3.05, 3.63) is 24.3 Å². The number of likely N-dealkylation sites (tertiary alicyclic amines) is 1. The molecule has 0 aliphatic carbocycles. The lowest BCUT2D eigenvalue weighted by Gasteiger charge is -2.29. The molecule has 2 heterocycles. The number of thiazole rings is 1. The van der Waals surface area contributed by atoms with Crippen molar-refractivity contribution >= 4 is 44.5 Å². The third-order valence-electron chi connectivity index (χ3n) is 3.83.